The predicted octanol–water partition coefficient (Wildman–Crippen LogP) is 0.859. The standard InChI is InChI=1S/C16H19Cl2N3O5/c1-9(16(25)21(2)3)26-14(23)8-19-13(22)7-20-15(24)11-5-4-10(17)6-12(11)18/h4-6,9H,7-8H2,1-3H3,(H,19,22)(H,20,24)/t9-/m1/s1. The van der Waals surface area contributed by atoms with Crippen molar-refractivity contribution in [3.8, 4) is 0 Å². The number of rotatable bonds is 7. The lowest BCUT2D eigenvalue weighted by atomic mass is 10.2. The average Bonchev–Trinajstić information content (AvgIpc) is 2.56. The fourth-order valence-corrected chi connectivity index (χ4v) is 2.31. The van der Waals surface area contributed by atoms with Gasteiger partial charge in [-0.05, 0) is 25.1 Å². The van der Waals surface area contributed by atoms with Gasteiger partial charge >= 0.3 is 5.97 Å². The molecule has 0 unspecified atom stereocenters. The van der Waals surface area contributed by atoms with Gasteiger partial charge in [0.15, 0.2) is 6.10 Å². The summed E-state index contributed by atoms with van der Waals surface area (Å²) >= 11 is 11.6. The smallest absolute Gasteiger partial charge is 0.326 e. The molecule has 142 valence electrons. The number of amides is 3. The van der Waals surface area contributed by atoms with E-state index in [1.807, 2.05) is 0 Å². The van der Waals surface area contributed by atoms with E-state index in [1.165, 1.54) is 44.1 Å². The zero-order chi connectivity index (χ0) is 19.9. The van der Waals surface area contributed by atoms with E-state index >= 15 is 0 Å². The van der Waals surface area contributed by atoms with Crippen molar-refractivity contribution in [2.45, 2.75) is 13.0 Å². The first-order valence-electron chi connectivity index (χ1n) is 7.52. The molecule has 1 rings (SSSR count). The van der Waals surface area contributed by atoms with Gasteiger partial charge in [-0.15, -0.1) is 0 Å². The van der Waals surface area contributed by atoms with Gasteiger partial charge in [0.2, 0.25) is 5.91 Å². The van der Waals surface area contributed by atoms with Gasteiger partial charge in [-0.2, -0.15) is 0 Å². The Kier molecular flexibility index (Phi) is 8.34. The summed E-state index contributed by atoms with van der Waals surface area (Å²) in [7, 11) is 3.06. The lowest BCUT2D eigenvalue weighted by Crippen LogP contribution is -2.41. The van der Waals surface area contributed by atoms with Gasteiger partial charge in [0.05, 0.1) is 17.1 Å². The van der Waals surface area contributed by atoms with Crippen molar-refractivity contribution in [3.05, 3.63) is 33.8 Å². The normalized spacial score (nSPS) is 11.3. The Morgan fingerprint density at radius 1 is 1.12 bits per heavy atom. The number of carbonyl (C=O) groups is 4. The molecule has 0 aliphatic rings. The second-order valence-electron chi connectivity index (χ2n) is 5.45. The molecule has 0 aromatic heterocycles. The number of halogens is 2. The van der Waals surface area contributed by atoms with Crippen molar-refractivity contribution >= 4 is 46.9 Å². The third kappa shape index (κ3) is 6.89. The van der Waals surface area contributed by atoms with Gasteiger partial charge < -0.3 is 20.3 Å². The first kappa shape index (κ1) is 21.7. The van der Waals surface area contributed by atoms with Gasteiger partial charge in [0.1, 0.15) is 6.54 Å². The van der Waals surface area contributed by atoms with Gasteiger partial charge in [0, 0.05) is 19.1 Å². The van der Waals surface area contributed by atoms with Crippen molar-refractivity contribution in [1.82, 2.24) is 15.5 Å². The minimum absolute atomic E-state index is 0.151. The zero-order valence-corrected chi connectivity index (χ0v) is 16.0. The Balaban J connectivity index is 2.39. The van der Waals surface area contributed by atoms with Crippen LogP contribution in [0.1, 0.15) is 17.3 Å². The molecule has 0 bridgehead atoms. The first-order valence-corrected chi connectivity index (χ1v) is 8.28. The maximum absolute atomic E-state index is 12.0. The number of carbonyl (C=O) groups excluding carboxylic acids is 4. The third-order valence-corrected chi connectivity index (χ3v) is 3.66. The summed E-state index contributed by atoms with van der Waals surface area (Å²) in [4.78, 5) is 48.1. The maximum Gasteiger partial charge on any atom is 0.326 e. The van der Waals surface area contributed by atoms with E-state index in [9.17, 15) is 19.2 Å². The molecule has 1 atom stereocenters. The molecule has 2 N–H and O–H groups in total. The van der Waals surface area contributed by atoms with E-state index in [1.54, 1.807) is 0 Å². The summed E-state index contributed by atoms with van der Waals surface area (Å²) < 4.78 is 4.88. The minimum atomic E-state index is -0.957. The SMILES string of the molecule is C[C@@H](OC(=O)CNC(=O)CNC(=O)c1ccc(Cl)cc1Cl)C(=O)N(C)C. The van der Waals surface area contributed by atoms with Crippen molar-refractivity contribution in [3.63, 3.8) is 0 Å². The summed E-state index contributed by atoms with van der Waals surface area (Å²) in [5, 5.41) is 5.18. The molecule has 0 spiro atoms. The Hall–Kier alpha value is -2.32. The van der Waals surface area contributed by atoms with Crippen molar-refractivity contribution in [2.24, 2.45) is 0 Å². The van der Waals surface area contributed by atoms with Crippen LogP contribution in [-0.4, -0.2) is 61.9 Å². The average molecular weight is 404 g/mol. The van der Waals surface area contributed by atoms with Crippen molar-refractivity contribution in [1.29, 1.82) is 0 Å². The molecular weight excluding hydrogens is 385 g/mol. The zero-order valence-electron chi connectivity index (χ0n) is 14.5. The Morgan fingerprint density at radius 3 is 2.35 bits per heavy atom. The van der Waals surface area contributed by atoms with Crippen LogP contribution in [-0.2, 0) is 19.1 Å². The molecule has 8 nitrogen and oxygen atoms in total. The highest BCUT2D eigenvalue weighted by atomic mass is 35.5. The van der Waals surface area contributed by atoms with E-state index < -0.39 is 30.4 Å². The number of benzene rings is 1. The van der Waals surface area contributed by atoms with E-state index in [0.717, 1.165) is 0 Å². The number of hydrogen-bond donors (Lipinski definition) is 2. The number of nitrogens with zero attached hydrogens (tertiary/aromatic N) is 1. The number of esters is 1. The molecule has 0 saturated heterocycles. The summed E-state index contributed by atoms with van der Waals surface area (Å²) in [5.41, 5.74) is 0.166. The topological polar surface area (TPSA) is 105 Å². The summed E-state index contributed by atoms with van der Waals surface area (Å²) in [5.74, 6) is -2.31. The third-order valence-electron chi connectivity index (χ3n) is 3.11. The number of hydrogen-bond acceptors (Lipinski definition) is 5. The highest BCUT2D eigenvalue weighted by molar-refractivity contribution is 6.36. The summed E-state index contributed by atoms with van der Waals surface area (Å²) in [6, 6.07) is 4.33. The lowest BCUT2D eigenvalue weighted by Gasteiger charge is -2.17. The molecule has 1 aromatic rings. The quantitative estimate of drug-likeness (QED) is 0.656. The predicted molar refractivity (Wildman–Crippen MR) is 96.1 cm³/mol. The van der Waals surface area contributed by atoms with Crippen LogP contribution in [0, 0.1) is 0 Å². The van der Waals surface area contributed by atoms with Crippen LogP contribution in [0.25, 0.3) is 0 Å². The fraction of sp³-hybridized carbons (Fsp3) is 0.375. The number of nitrogens with one attached hydrogen (secondary N) is 2. The number of ether oxygens (including phenoxy) is 1. The van der Waals surface area contributed by atoms with Crippen LogP contribution in [0.3, 0.4) is 0 Å². The Bertz CT molecular complexity index is 709. The van der Waals surface area contributed by atoms with Crippen LogP contribution < -0.4 is 10.6 Å². The van der Waals surface area contributed by atoms with Gasteiger partial charge in [-0.3, -0.25) is 19.2 Å². The fourth-order valence-electron chi connectivity index (χ4n) is 1.82. The van der Waals surface area contributed by atoms with Crippen LogP contribution in [0.5, 0.6) is 0 Å². The van der Waals surface area contributed by atoms with Gasteiger partial charge in [-0.25, -0.2) is 0 Å². The van der Waals surface area contributed by atoms with Gasteiger partial charge in [-0.1, -0.05) is 23.2 Å². The molecule has 0 aliphatic heterocycles. The molecule has 10 heteroatoms. The van der Waals surface area contributed by atoms with Crippen LogP contribution in [0.15, 0.2) is 18.2 Å². The summed E-state index contributed by atoms with van der Waals surface area (Å²) in [6.45, 7) is 0.636. The van der Waals surface area contributed by atoms with Crippen molar-refractivity contribution < 1.29 is 23.9 Å². The molecule has 0 heterocycles. The first-order chi connectivity index (χ1) is 12.1. The molecule has 1 aromatic carbocycles. The lowest BCUT2D eigenvalue weighted by molar-refractivity contribution is -0.157. The van der Waals surface area contributed by atoms with Crippen LogP contribution in [0.4, 0.5) is 0 Å². The Morgan fingerprint density at radius 2 is 1.77 bits per heavy atom. The van der Waals surface area contributed by atoms with E-state index in [0.29, 0.717) is 5.02 Å². The molecule has 0 aliphatic carbocycles. The second-order valence-corrected chi connectivity index (χ2v) is 6.29. The molecule has 0 radical (unpaired) electrons. The van der Waals surface area contributed by atoms with E-state index in [4.69, 9.17) is 27.9 Å². The minimum Gasteiger partial charge on any atom is -0.451 e. The molecule has 0 saturated carbocycles. The molecule has 0 fully saturated rings. The monoisotopic (exact) mass is 403 g/mol. The highest BCUT2D eigenvalue weighted by Gasteiger charge is 2.19. The van der Waals surface area contributed by atoms with E-state index in [-0.39, 0.29) is 23.0 Å². The molecular formula is C16H19Cl2N3O5. The Labute approximate surface area is 160 Å². The second kappa shape index (κ2) is 9.98. The molecule has 26 heavy (non-hydrogen) atoms. The number of likely N-dealkylation sites (N-methyl/N-ethyl adjacent to an activating group) is 1. The van der Waals surface area contributed by atoms with Crippen molar-refractivity contribution in [2.75, 3.05) is 27.2 Å². The van der Waals surface area contributed by atoms with Crippen LogP contribution >= 0.6 is 23.2 Å². The van der Waals surface area contributed by atoms with Crippen LogP contribution in [0.2, 0.25) is 10.0 Å². The van der Waals surface area contributed by atoms with Gasteiger partial charge in [0.25, 0.3) is 11.8 Å². The maximum atomic E-state index is 12.0. The highest BCUT2D eigenvalue weighted by Crippen LogP contribution is 2.20. The largest absolute Gasteiger partial charge is 0.451 e. The molecule has 3 amide bonds. The van der Waals surface area contributed by atoms with E-state index in [2.05, 4.69) is 10.6 Å². The summed E-state index contributed by atoms with van der Waals surface area (Å²) in [6.07, 6.45) is -0.957.